The van der Waals surface area contributed by atoms with Crippen LogP contribution in [0.1, 0.15) is 162 Å². The van der Waals surface area contributed by atoms with E-state index in [0.29, 0.717) is 19.4 Å². The minimum Gasteiger partial charge on any atom is -0.462 e. The summed E-state index contributed by atoms with van der Waals surface area (Å²) in [6, 6.07) is 0. The SMILES string of the molecule is CC/C=C\C/C=C\C/C=C\C/C=C\C/C=C\CCCCOCC(COC(=O)CCCCCCCCC)OC(=O)CCCCCCC. The Labute approximate surface area is 284 Å². The summed E-state index contributed by atoms with van der Waals surface area (Å²) in [6.45, 7) is 7.47. The van der Waals surface area contributed by atoms with Crippen molar-refractivity contribution in [3.8, 4) is 0 Å². The molecule has 0 aliphatic carbocycles. The average molecular weight is 643 g/mol. The van der Waals surface area contributed by atoms with Crippen molar-refractivity contribution >= 4 is 11.9 Å². The van der Waals surface area contributed by atoms with Gasteiger partial charge in [0, 0.05) is 19.4 Å². The minimum atomic E-state index is -0.549. The van der Waals surface area contributed by atoms with Crippen LogP contribution in [0.4, 0.5) is 0 Å². The van der Waals surface area contributed by atoms with E-state index in [-0.39, 0.29) is 25.2 Å². The van der Waals surface area contributed by atoms with Crippen LogP contribution in [0.2, 0.25) is 0 Å². The molecule has 0 N–H and O–H groups in total. The number of carbonyl (C=O) groups excluding carboxylic acids is 2. The Morgan fingerprint density at radius 2 is 0.978 bits per heavy atom. The Morgan fingerprint density at radius 1 is 0.500 bits per heavy atom. The highest BCUT2D eigenvalue weighted by atomic mass is 16.6. The molecule has 0 fully saturated rings. The maximum Gasteiger partial charge on any atom is 0.306 e. The molecule has 46 heavy (non-hydrogen) atoms. The highest BCUT2D eigenvalue weighted by molar-refractivity contribution is 5.70. The first-order valence-corrected chi connectivity index (χ1v) is 18.8. The third-order valence-corrected chi connectivity index (χ3v) is 7.57. The summed E-state index contributed by atoms with van der Waals surface area (Å²) in [4.78, 5) is 24.7. The van der Waals surface area contributed by atoms with E-state index in [0.717, 1.165) is 83.5 Å². The molecular formula is C41H70O5. The molecule has 0 heterocycles. The summed E-state index contributed by atoms with van der Waals surface area (Å²) in [6.07, 6.45) is 44.0. The number of unbranched alkanes of at least 4 members (excludes halogenated alkanes) is 12. The molecule has 0 spiro atoms. The van der Waals surface area contributed by atoms with Gasteiger partial charge in [-0.1, -0.05) is 146 Å². The molecule has 5 heteroatoms. The van der Waals surface area contributed by atoms with Crippen molar-refractivity contribution in [3.63, 3.8) is 0 Å². The Bertz CT molecular complexity index is 823. The van der Waals surface area contributed by atoms with Crippen LogP contribution in [0.5, 0.6) is 0 Å². The zero-order valence-electron chi connectivity index (χ0n) is 30.1. The van der Waals surface area contributed by atoms with Gasteiger partial charge in [0.25, 0.3) is 0 Å². The fourth-order valence-electron chi connectivity index (χ4n) is 4.77. The fourth-order valence-corrected chi connectivity index (χ4v) is 4.77. The van der Waals surface area contributed by atoms with Gasteiger partial charge < -0.3 is 14.2 Å². The molecule has 0 bridgehead atoms. The van der Waals surface area contributed by atoms with Crippen LogP contribution in [-0.2, 0) is 23.8 Å². The third kappa shape index (κ3) is 34.5. The van der Waals surface area contributed by atoms with Crippen LogP contribution in [0.3, 0.4) is 0 Å². The zero-order valence-corrected chi connectivity index (χ0v) is 30.1. The summed E-state index contributed by atoms with van der Waals surface area (Å²) in [5, 5.41) is 0. The highest BCUT2D eigenvalue weighted by Crippen LogP contribution is 2.11. The maximum absolute atomic E-state index is 12.4. The van der Waals surface area contributed by atoms with Gasteiger partial charge in [0.2, 0.25) is 0 Å². The molecule has 0 saturated carbocycles. The minimum absolute atomic E-state index is 0.0664. The number of rotatable bonds is 33. The Hall–Kier alpha value is -2.40. The molecule has 0 aromatic carbocycles. The lowest BCUT2D eigenvalue weighted by atomic mass is 10.1. The van der Waals surface area contributed by atoms with Crippen molar-refractivity contribution < 1.29 is 23.8 Å². The van der Waals surface area contributed by atoms with E-state index < -0.39 is 6.10 Å². The van der Waals surface area contributed by atoms with Crippen LogP contribution < -0.4 is 0 Å². The second-order valence-electron chi connectivity index (χ2n) is 12.1. The predicted molar refractivity (Wildman–Crippen MR) is 196 cm³/mol. The summed E-state index contributed by atoms with van der Waals surface area (Å²) in [5.41, 5.74) is 0. The Kier molecular flexibility index (Phi) is 35.1. The van der Waals surface area contributed by atoms with Gasteiger partial charge in [0.05, 0.1) is 6.61 Å². The van der Waals surface area contributed by atoms with Crippen LogP contribution in [0, 0.1) is 0 Å². The maximum atomic E-state index is 12.4. The molecular weight excluding hydrogens is 572 g/mol. The number of hydrogen-bond acceptors (Lipinski definition) is 5. The second-order valence-corrected chi connectivity index (χ2v) is 12.1. The average Bonchev–Trinajstić information content (AvgIpc) is 3.05. The Balaban J connectivity index is 4.17. The summed E-state index contributed by atoms with van der Waals surface area (Å²) in [7, 11) is 0. The zero-order chi connectivity index (χ0) is 33.6. The van der Waals surface area contributed by atoms with E-state index in [2.05, 4.69) is 81.5 Å². The standard InChI is InChI=1S/C41H70O5/c1-4-7-10-13-15-16-17-18-19-20-21-22-23-24-25-27-30-33-36-44-37-39(46-41(43)35-32-28-12-9-6-3)38-45-40(42)34-31-29-26-14-11-8-5-2/h7,10,15-16,18-19,21-22,24-25,39H,4-6,8-9,11-14,17,20,23,26-38H2,1-3H3/b10-7-,16-15-,19-18-,22-21-,25-24-. The highest BCUT2D eigenvalue weighted by Gasteiger charge is 2.17. The number of hydrogen-bond donors (Lipinski definition) is 0. The van der Waals surface area contributed by atoms with Gasteiger partial charge in [-0.2, -0.15) is 0 Å². The Morgan fingerprint density at radius 3 is 1.52 bits per heavy atom. The lowest BCUT2D eigenvalue weighted by Crippen LogP contribution is -2.30. The first-order chi connectivity index (χ1) is 22.6. The normalized spacial score (nSPS) is 12.8. The number of allylic oxidation sites excluding steroid dienone is 10. The van der Waals surface area contributed by atoms with Crippen molar-refractivity contribution in [3.05, 3.63) is 60.8 Å². The molecule has 1 unspecified atom stereocenters. The summed E-state index contributed by atoms with van der Waals surface area (Å²) in [5.74, 6) is -0.446. The van der Waals surface area contributed by atoms with Gasteiger partial charge >= 0.3 is 11.9 Å². The van der Waals surface area contributed by atoms with Crippen molar-refractivity contribution in [1.29, 1.82) is 0 Å². The second kappa shape index (κ2) is 37.1. The van der Waals surface area contributed by atoms with Gasteiger partial charge in [-0.15, -0.1) is 0 Å². The van der Waals surface area contributed by atoms with E-state index >= 15 is 0 Å². The summed E-state index contributed by atoms with van der Waals surface area (Å²) >= 11 is 0. The molecule has 5 nitrogen and oxygen atoms in total. The lowest BCUT2D eigenvalue weighted by molar-refractivity contribution is -0.163. The molecule has 0 aliphatic heterocycles. The van der Waals surface area contributed by atoms with Gasteiger partial charge in [-0.05, 0) is 64.2 Å². The molecule has 264 valence electrons. The van der Waals surface area contributed by atoms with Crippen LogP contribution in [-0.4, -0.2) is 37.9 Å². The number of carbonyl (C=O) groups is 2. The van der Waals surface area contributed by atoms with Crippen molar-refractivity contribution in [2.75, 3.05) is 19.8 Å². The topological polar surface area (TPSA) is 61.8 Å². The molecule has 0 rings (SSSR count). The number of ether oxygens (including phenoxy) is 3. The monoisotopic (exact) mass is 643 g/mol. The van der Waals surface area contributed by atoms with Gasteiger partial charge in [0.1, 0.15) is 6.61 Å². The molecule has 0 saturated heterocycles. The predicted octanol–water partition coefficient (Wildman–Crippen LogP) is 11.9. The first kappa shape index (κ1) is 43.6. The fraction of sp³-hybridized carbons (Fsp3) is 0.707. The molecule has 1 atom stereocenters. The van der Waals surface area contributed by atoms with E-state index in [1.165, 1.54) is 44.9 Å². The van der Waals surface area contributed by atoms with Crippen molar-refractivity contribution in [2.45, 2.75) is 168 Å². The van der Waals surface area contributed by atoms with E-state index in [9.17, 15) is 9.59 Å². The van der Waals surface area contributed by atoms with E-state index in [4.69, 9.17) is 14.2 Å². The van der Waals surface area contributed by atoms with Crippen LogP contribution >= 0.6 is 0 Å². The van der Waals surface area contributed by atoms with Crippen LogP contribution in [0.25, 0.3) is 0 Å². The van der Waals surface area contributed by atoms with E-state index in [1.807, 2.05) is 0 Å². The quantitative estimate of drug-likeness (QED) is 0.0405. The smallest absolute Gasteiger partial charge is 0.306 e. The van der Waals surface area contributed by atoms with Crippen molar-refractivity contribution in [1.82, 2.24) is 0 Å². The lowest BCUT2D eigenvalue weighted by Gasteiger charge is -2.18. The van der Waals surface area contributed by atoms with Crippen molar-refractivity contribution in [2.24, 2.45) is 0 Å². The largest absolute Gasteiger partial charge is 0.462 e. The molecule has 0 aromatic heterocycles. The first-order valence-electron chi connectivity index (χ1n) is 18.8. The molecule has 0 radical (unpaired) electrons. The summed E-state index contributed by atoms with van der Waals surface area (Å²) < 4.78 is 17.0. The van der Waals surface area contributed by atoms with Crippen LogP contribution in [0.15, 0.2) is 60.8 Å². The number of esters is 2. The third-order valence-electron chi connectivity index (χ3n) is 7.57. The molecule has 0 amide bonds. The van der Waals surface area contributed by atoms with E-state index in [1.54, 1.807) is 0 Å². The molecule has 0 aromatic rings. The van der Waals surface area contributed by atoms with Gasteiger partial charge in [-0.3, -0.25) is 9.59 Å². The van der Waals surface area contributed by atoms with Gasteiger partial charge in [0.15, 0.2) is 6.10 Å². The van der Waals surface area contributed by atoms with Gasteiger partial charge in [-0.25, -0.2) is 0 Å². The molecule has 0 aliphatic rings.